The van der Waals surface area contributed by atoms with Crippen LogP contribution in [0.1, 0.15) is 54.2 Å². The lowest BCUT2D eigenvalue weighted by atomic mass is 9.68. The molecule has 4 aromatic rings. The van der Waals surface area contributed by atoms with Crippen molar-refractivity contribution in [1.82, 2.24) is 0 Å². The number of anilines is 1. The Labute approximate surface area is 222 Å². The number of nitrogens with one attached hydrogen (secondary N) is 1. The van der Waals surface area contributed by atoms with E-state index in [0.29, 0.717) is 23.5 Å². The second-order valence-corrected chi connectivity index (χ2v) is 10.8. The Morgan fingerprint density at radius 3 is 2.45 bits per heavy atom. The average Bonchev–Trinajstić information content (AvgIpc) is 2.92. The highest BCUT2D eigenvalue weighted by Crippen LogP contribution is 2.52. The molecule has 1 N–H and O–H groups in total. The summed E-state index contributed by atoms with van der Waals surface area (Å²) < 4.78 is 11.3. The molecule has 6 rings (SSSR count). The zero-order valence-electron chi connectivity index (χ0n) is 21.7. The van der Waals surface area contributed by atoms with Gasteiger partial charge >= 0.3 is 5.97 Å². The molecule has 0 unspecified atom stereocenters. The van der Waals surface area contributed by atoms with E-state index in [0.717, 1.165) is 45.2 Å². The van der Waals surface area contributed by atoms with Crippen LogP contribution >= 0.6 is 0 Å². The minimum Gasteiger partial charge on any atom is -0.493 e. The molecule has 0 saturated carbocycles. The smallest absolute Gasteiger partial charge is 0.343 e. The van der Waals surface area contributed by atoms with Gasteiger partial charge in [-0.15, -0.1) is 0 Å². The van der Waals surface area contributed by atoms with E-state index in [1.54, 1.807) is 37.4 Å². The van der Waals surface area contributed by atoms with Gasteiger partial charge in [0.25, 0.3) is 0 Å². The number of carbonyl (C=O) groups is 2. The van der Waals surface area contributed by atoms with Crippen molar-refractivity contribution in [2.75, 3.05) is 12.4 Å². The predicted octanol–water partition coefficient (Wildman–Crippen LogP) is 7.38. The van der Waals surface area contributed by atoms with E-state index < -0.39 is 5.97 Å². The number of esters is 1. The quantitative estimate of drug-likeness (QED) is 0.233. The van der Waals surface area contributed by atoms with Crippen LogP contribution in [-0.2, 0) is 4.79 Å². The number of Topliss-reactive ketones (excluding diaryl/α,β-unsaturated/α-hetero) is 1. The zero-order chi connectivity index (χ0) is 26.4. The molecule has 190 valence electrons. The fraction of sp³-hybridized carbons (Fsp3) is 0.212. The Bertz CT molecular complexity index is 1620. The number of benzene rings is 4. The van der Waals surface area contributed by atoms with Crippen molar-refractivity contribution in [2.45, 2.75) is 32.7 Å². The van der Waals surface area contributed by atoms with Gasteiger partial charge in [-0.05, 0) is 64.1 Å². The number of hydrogen-bond donors (Lipinski definition) is 1. The molecule has 1 aliphatic heterocycles. The fourth-order valence-electron chi connectivity index (χ4n) is 5.77. The highest BCUT2D eigenvalue weighted by Gasteiger charge is 2.41. The summed E-state index contributed by atoms with van der Waals surface area (Å²) in [5.41, 5.74) is 5.26. The Kier molecular flexibility index (Phi) is 5.79. The largest absolute Gasteiger partial charge is 0.493 e. The van der Waals surface area contributed by atoms with Crippen LogP contribution in [0, 0.1) is 5.41 Å². The molecule has 0 spiro atoms. The van der Waals surface area contributed by atoms with E-state index in [9.17, 15) is 9.59 Å². The number of ketones is 1. The Hall–Kier alpha value is -4.38. The van der Waals surface area contributed by atoms with E-state index in [-0.39, 0.29) is 17.2 Å². The molecule has 5 heteroatoms. The molecule has 1 heterocycles. The molecule has 1 aliphatic carbocycles. The first-order valence-electron chi connectivity index (χ1n) is 12.8. The normalized spacial score (nSPS) is 17.9. The van der Waals surface area contributed by atoms with Crippen LogP contribution in [0.4, 0.5) is 5.69 Å². The molecule has 1 atom stereocenters. The second-order valence-electron chi connectivity index (χ2n) is 10.8. The van der Waals surface area contributed by atoms with Crippen molar-refractivity contribution in [3.8, 4) is 11.5 Å². The Morgan fingerprint density at radius 1 is 0.895 bits per heavy atom. The van der Waals surface area contributed by atoms with Crippen molar-refractivity contribution in [3.05, 3.63) is 107 Å². The summed E-state index contributed by atoms with van der Waals surface area (Å²) in [5, 5.41) is 5.96. The van der Waals surface area contributed by atoms with Crippen molar-refractivity contribution in [1.29, 1.82) is 0 Å². The van der Waals surface area contributed by atoms with Gasteiger partial charge in [-0.2, -0.15) is 0 Å². The van der Waals surface area contributed by atoms with Crippen molar-refractivity contribution < 1.29 is 19.1 Å². The molecular weight excluding hydrogens is 474 g/mol. The summed E-state index contributed by atoms with van der Waals surface area (Å²) in [7, 11) is 1.55. The summed E-state index contributed by atoms with van der Waals surface area (Å²) >= 11 is 0. The second kappa shape index (κ2) is 9.18. The molecular formula is C33H29NO4. The molecule has 0 saturated heterocycles. The van der Waals surface area contributed by atoms with Crippen LogP contribution in [0.15, 0.2) is 90.5 Å². The predicted molar refractivity (Wildman–Crippen MR) is 150 cm³/mol. The first kappa shape index (κ1) is 24.0. The van der Waals surface area contributed by atoms with Crippen LogP contribution in [0.2, 0.25) is 0 Å². The number of rotatable bonds is 4. The molecule has 0 aromatic heterocycles. The van der Waals surface area contributed by atoms with Crippen LogP contribution in [0.25, 0.3) is 16.3 Å². The Balaban J connectivity index is 1.44. The number of carbonyl (C=O) groups excluding carboxylic acids is 2. The van der Waals surface area contributed by atoms with E-state index in [1.165, 1.54) is 0 Å². The maximum atomic E-state index is 13.7. The number of fused-ring (bicyclic) bond motifs is 4. The highest BCUT2D eigenvalue weighted by molar-refractivity contribution is 6.12. The molecule has 2 aliphatic rings. The van der Waals surface area contributed by atoms with Gasteiger partial charge in [-0.1, -0.05) is 68.4 Å². The number of ether oxygens (including phenoxy) is 2. The van der Waals surface area contributed by atoms with Gasteiger partial charge in [-0.25, -0.2) is 4.79 Å². The Morgan fingerprint density at radius 2 is 1.66 bits per heavy atom. The highest BCUT2D eigenvalue weighted by atomic mass is 16.6. The standard InChI is InChI=1S/C33H29NO4/c1-33(2)18-24-29-23-12-8-7-9-20(23)13-15-25(29)34-31(30(24)26(35)19-33)22-14-16-27(28(17-22)37-3)38-32(36)21-10-5-4-6-11-21/h4-17,31,34H,18-19H2,1-3H3/t31-/m1/s1. The monoisotopic (exact) mass is 503 g/mol. The van der Waals surface area contributed by atoms with Gasteiger partial charge in [0.15, 0.2) is 17.3 Å². The molecule has 4 aromatic carbocycles. The average molecular weight is 504 g/mol. The lowest BCUT2D eigenvalue weighted by Crippen LogP contribution is -2.33. The molecule has 0 radical (unpaired) electrons. The number of methoxy groups -OCH3 is 1. The van der Waals surface area contributed by atoms with Gasteiger partial charge < -0.3 is 14.8 Å². The lowest BCUT2D eigenvalue weighted by molar-refractivity contribution is -0.118. The van der Waals surface area contributed by atoms with E-state index in [1.807, 2.05) is 30.3 Å². The van der Waals surface area contributed by atoms with Crippen molar-refractivity contribution in [2.24, 2.45) is 5.41 Å². The summed E-state index contributed by atoms with van der Waals surface area (Å²) in [5.74, 6) is 0.468. The molecule has 0 bridgehead atoms. The van der Waals surface area contributed by atoms with E-state index in [4.69, 9.17) is 9.47 Å². The first-order chi connectivity index (χ1) is 18.3. The van der Waals surface area contributed by atoms with Gasteiger partial charge in [0.1, 0.15) is 0 Å². The van der Waals surface area contributed by atoms with Crippen molar-refractivity contribution >= 4 is 33.8 Å². The van der Waals surface area contributed by atoms with E-state index in [2.05, 4.69) is 43.4 Å². The summed E-state index contributed by atoms with van der Waals surface area (Å²) in [6.45, 7) is 4.32. The minimum atomic E-state index is -0.456. The van der Waals surface area contributed by atoms with Gasteiger partial charge in [-0.3, -0.25) is 4.79 Å². The maximum Gasteiger partial charge on any atom is 0.343 e. The minimum absolute atomic E-state index is 0.126. The maximum absolute atomic E-state index is 13.7. The third-order valence-corrected chi connectivity index (χ3v) is 7.47. The van der Waals surface area contributed by atoms with Crippen LogP contribution in [0.3, 0.4) is 0 Å². The van der Waals surface area contributed by atoms with E-state index >= 15 is 0 Å². The topological polar surface area (TPSA) is 64.6 Å². The SMILES string of the molecule is COc1cc([C@H]2Nc3ccc4ccccc4c3C3=C2C(=O)CC(C)(C)C3)ccc1OC(=O)c1ccccc1. The van der Waals surface area contributed by atoms with Crippen molar-refractivity contribution in [3.63, 3.8) is 0 Å². The number of allylic oxidation sites excluding steroid dienone is 1. The molecule has 38 heavy (non-hydrogen) atoms. The first-order valence-corrected chi connectivity index (χ1v) is 12.8. The van der Waals surface area contributed by atoms with Crippen LogP contribution in [-0.4, -0.2) is 18.9 Å². The number of hydrogen-bond acceptors (Lipinski definition) is 5. The summed E-state index contributed by atoms with van der Waals surface area (Å²) in [6.07, 6.45) is 1.31. The zero-order valence-corrected chi connectivity index (χ0v) is 21.7. The molecule has 5 nitrogen and oxygen atoms in total. The van der Waals surface area contributed by atoms with Crippen LogP contribution < -0.4 is 14.8 Å². The molecule has 0 fully saturated rings. The summed E-state index contributed by atoms with van der Waals surface area (Å²) in [6, 6.07) is 26.6. The lowest BCUT2D eigenvalue weighted by Gasteiger charge is -2.40. The van der Waals surface area contributed by atoms with Crippen LogP contribution in [0.5, 0.6) is 11.5 Å². The van der Waals surface area contributed by atoms with Gasteiger partial charge in [0.05, 0.1) is 18.7 Å². The molecule has 0 amide bonds. The third kappa shape index (κ3) is 4.14. The fourth-order valence-corrected chi connectivity index (χ4v) is 5.77. The van der Waals surface area contributed by atoms with Gasteiger partial charge in [0.2, 0.25) is 0 Å². The van der Waals surface area contributed by atoms with Gasteiger partial charge in [0, 0.05) is 23.2 Å². The summed E-state index contributed by atoms with van der Waals surface area (Å²) in [4.78, 5) is 26.4. The third-order valence-electron chi connectivity index (χ3n) is 7.47.